The quantitative estimate of drug-likeness (QED) is 0.0508. The first-order chi connectivity index (χ1) is 27.9. The van der Waals surface area contributed by atoms with Crippen molar-refractivity contribution < 1.29 is 64.2 Å². The van der Waals surface area contributed by atoms with E-state index in [0.29, 0.717) is 40.7 Å². The Morgan fingerprint density at radius 1 is 1.17 bits per heavy atom. The van der Waals surface area contributed by atoms with Crippen molar-refractivity contribution in [2.24, 2.45) is 10.7 Å². The molecule has 0 spiro atoms. The van der Waals surface area contributed by atoms with Gasteiger partial charge in [-0.3, -0.25) is 28.4 Å². The monoisotopic (exact) mass is 943 g/mol. The van der Waals surface area contributed by atoms with E-state index in [4.69, 9.17) is 31.9 Å². The summed E-state index contributed by atoms with van der Waals surface area (Å²) in [7, 11) is -5.85. The van der Waals surface area contributed by atoms with E-state index in [0.717, 1.165) is 67.2 Å². The highest BCUT2D eigenvalue weighted by molar-refractivity contribution is 8.00. The number of carboxylic acid groups (broad SMARTS) is 1. The number of nitrogens with two attached hydrogens (primary N) is 1. The number of carbonyl (C=O) groups excluding carboxylic acids is 2. The molecule has 0 radical (unpaired) electrons. The molecule has 16 nitrogen and oxygen atoms in total. The summed E-state index contributed by atoms with van der Waals surface area (Å²) in [5.74, 6) is -2.39. The lowest BCUT2D eigenvalue weighted by molar-refractivity contribution is -0.139. The smallest absolute Gasteiger partial charge is 0.416 e. The van der Waals surface area contributed by atoms with Crippen LogP contribution in [0.15, 0.2) is 60.6 Å². The molecule has 3 heterocycles. The number of hydrogen-bond acceptors (Lipinski definition) is 14. The van der Waals surface area contributed by atoms with E-state index >= 15 is 0 Å². The molecule has 2 unspecified atom stereocenters. The van der Waals surface area contributed by atoms with Gasteiger partial charge in [-0.25, -0.2) is 22.5 Å². The summed E-state index contributed by atoms with van der Waals surface area (Å²) < 4.78 is 100. The highest BCUT2D eigenvalue weighted by Crippen LogP contribution is 2.42. The molecule has 2 aliphatic rings. The highest BCUT2D eigenvalue weighted by atomic mass is 35.5. The number of hydrogen-bond donors (Lipinski definition) is 3. The number of aromatic nitrogens is 3. The molecular formula is C35H39ClF4N5O11PS3. The SMILES string of the molecule is COC(=O)CSc1cc(/N=c2\sc(=O)n3n2CCCC3)c(F)cc1Cl.CP(=O)(O)CCC(N)C(=O)O.CS(=O)(=O)c1cc(C(F)(F)F)ccc1C(=O)c1cnoc1C1CC1. The Balaban J connectivity index is 0.000000214. The van der Waals surface area contributed by atoms with Crippen LogP contribution in [0, 0.1) is 5.82 Å². The van der Waals surface area contributed by atoms with Crippen LogP contribution in [0.5, 0.6) is 0 Å². The minimum atomic E-state index is -4.71. The summed E-state index contributed by atoms with van der Waals surface area (Å²) in [4.78, 5) is 59.4. The predicted molar refractivity (Wildman–Crippen MR) is 212 cm³/mol. The van der Waals surface area contributed by atoms with Crippen LogP contribution in [0.4, 0.5) is 23.2 Å². The number of alkyl halides is 3. The Hall–Kier alpha value is -4.12. The second kappa shape index (κ2) is 20.2. The van der Waals surface area contributed by atoms with Crippen LogP contribution in [-0.2, 0) is 48.0 Å². The first-order valence-corrected chi connectivity index (χ1v) is 24.0. The summed E-state index contributed by atoms with van der Waals surface area (Å²) in [6, 6.07) is 3.66. The average Bonchev–Trinajstić information content (AvgIpc) is 3.81. The Labute approximate surface area is 352 Å². The highest BCUT2D eigenvalue weighted by Gasteiger charge is 2.36. The topological polar surface area (TPSA) is 243 Å². The lowest BCUT2D eigenvalue weighted by atomic mass is 10.0. The minimum absolute atomic E-state index is 0.0412. The molecule has 0 bridgehead atoms. The van der Waals surface area contributed by atoms with E-state index in [2.05, 4.69) is 14.9 Å². The Bertz CT molecular complexity index is 2530. The summed E-state index contributed by atoms with van der Waals surface area (Å²) in [6.45, 7) is 2.51. The van der Waals surface area contributed by atoms with Gasteiger partial charge in [0.15, 0.2) is 28.7 Å². The second-order valence-corrected chi connectivity index (χ2v) is 20.4. The Morgan fingerprint density at radius 3 is 2.38 bits per heavy atom. The molecule has 1 aliphatic heterocycles. The van der Waals surface area contributed by atoms with Gasteiger partial charge in [0.05, 0.1) is 40.1 Å². The van der Waals surface area contributed by atoms with Crippen molar-refractivity contribution in [2.45, 2.75) is 73.1 Å². The molecule has 0 saturated heterocycles. The zero-order chi connectivity index (χ0) is 44.7. The molecule has 60 heavy (non-hydrogen) atoms. The average molecular weight is 944 g/mol. The summed E-state index contributed by atoms with van der Waals surface area (Å²) in [5.41, 5.74) is 3.80. The van der Waals surface area contributed by atoms with E-state index in [1.54, 1.807) is 9.36 Å². The maximum Gasteiger partial charge on any atom is 0.416 e. The van der Waals surface area contributed by atoms with Gasteiger partial charge in [-0.15, -0.1) is 11.8 Å². The molecule has 0 amide bonds. The van der Waals surface area contributed by atoms with E-state index in [1.165, 1.54) is 26.0 Å². The number of ketones is 1. The molecular weight excluding hydrogens is 905 g/mol. The molecule has 328 valence electrons. The summed E-state index contributed by atoms with van der Waals surface area (Å²) in [6.07, 6.45) is 0.751. The van der Waals surface area contributed by atoms with Crippen LogP contribution in [0.3, 0.4) is 0 Å². The normalized spacial score (nSPS) is 15.7. The van der Waals surface area contributed by atoms with Gasteiger partial charge in [0, 0.05) is 48.5 Å². The number of esters is 1. The van der Waals surface area contributed by atoms with Crippen molar-refractivity contribution in [1.29, 1.82) is 0 Å². The standard InChI is InChI=1S/C15H15ClFN3O3S2.C15H12F3NO4S.C5H12NO4P/c1-23-13(21)8-24-12-7-11(10(17)6-9(12)16)18-14-19-4-2-3-5-20(19)15(22)25-14;1-24(21,22)12-6-9(15(16,17)18)4-5-10(12)13(20)11-7-19-23-14(11)8-2-3-8;1-11(9,10)3-2-4(6)5(7)8/h6-7H,2-5,8H2,1H3;4-8H,2-3H2,1H3;4H,2-3,6H2,1H3,(H,7,8)(H,9,10)/b18-14-;;. The summed E-state index contributed by atoms with van der Waals surface area (Å²) >= 11 is 8.17. The molecule has 1 fully saturated rings. The molecule has 6 rings (SSSR count). The number of thioether (sulfide) groups is 1. The number of nitrogens with zero attached hydrogens (tertiary/aromatic N) is 4. The van der Waals surface area contributed by atoms with Crippen molar-refractivity contribution >= 4 is 75.3 Å². The summed E-state index contributed by atoms with van der Waals surface area (Å²) in [5, 5.41) is 12.0. The number of carboxylic acids is 1. The van der Waals surface area contributed by atoms with E-state index in [1.807, 2.05) is 0 Å². The molecule has 2 aromatic heterocycles. The fourth-order valence-electron chi connectivity index (χ4n) is 5.33. The van der Waals surface area contributed by atoms with Gasteiger partial charge in [0.25, 0.3) is 0 Å². The van der Waals surface area contributed by atoms with Crippen LogP contribution >= 0.6 is 42.1 Å². The van der Waals surface area contributed by atoms with Crippen LogP contribution in [0.2, 0.25) is 5.02 Å². The van der Waals surface area contributed by atoms with Crippen molar-refractivity contribution in [3.63, 3.8) is 0 Å². The lowest BCUT2D eigenvalue weighted by Crippen LogP contribution is -2.31. The molecule has 4 aromatic rings. The van der Waals surface area contributed by atoms with Gasteiger partial charge < -0.3 is 25.0 Å². The number of aliphatic carboxylic acids is 1. The third kappa shape index (κ3) is 13.4. The number of methoxy groups -OCH3 is 1. The van der Waals surface area contributed by atoms with Gasteiger partial charge in [-0.2, -0.15) is 13.2 Å². The van der Waals surface area contributed by atoms with Gasteiger partial charge in [0.1, 0.15) is 17.5 Å². The zero-order valence-corrected chi connectivity index (χ0v) is 36.1. The van der Waals surface area contributed by atoms with Gasteiger partial charge >= 0.3 is 23.0 Å². The fourth-order valence-corrected chi connectivity index (χ4v) is 8.98. The van der Waals surface area contributed by atoms with Crippen molar-refractivity contribution in [3.05, 3.63) is 84.3 Å². The molecule has 4 N–H and O–H groups in total. The first kappa shape index (κ1) is 48.5. The number of fused-ring (bicyclic) bond motifs is 1. The molecule has 1 saturated carbocycles. The van der Waals surface area contributed by atoms with Crippen molar-refractivity contribution in [3.8, 4) is 0 Å². The van der Waals surface area contributed by atoms with Gasteiger partial charge in [0.2, 0.25) is 4.80 Å². The van der Waals surface area contributed by atoms with E-state index < -0.39 is 63.4 Å². The second-order valence-electron chi connectivity index (χ2n) is 13.5. The fraction of sp³-hybridized carbons (Fsp3) is 0.429. The first-order valence-electron chi connectivity index (χ1n) is 17.6. The number of halogens is 5. The zero-order valence-electron chi connectivity index (χ0n) is 32.0. The largest absolute Gasteiger partial charge is 0.480 e. The number of benzene rings is 2. The number of ether oxygens (including phenoxy) is 1. The third-order valence-electron chi connectivity index (χ3n) is 8.60. The Kier molecular flexibility index (Phi) is 16.3. The third-order valence-corrected chi connectivity index (χ3v) is 13.1. The molecule has 25 heteroatoms. The van der Waals surface area contributed by atoms with Crippen LogP contribution in [0.25, 0.3) is 0 Å². The van der Waals surface area contributed by atoms with Crippen molar-refractivity contribution in [1.82, 2.24) is 14.5 Å². The minimum Gasteiger partial charge on any atom is -0.480 e. The van der Waals surface area contributed by atoms with Gasteiger partial charge in [-0.05, 0) is 73.8 Å². The van der Waals surface area contributed by atoms with E-state index in [9.17, 15) is 49.7 Å². The van der Waals surface area contributed by atoms with Gasteiger partial charge in [-0.1, -0.05) is 16.8 Å². The van der Waals surface area contributed by atoms with Crippen LogP contribution in [0.1, 0.15) is 65.3 Å². The molecule has 1 aliphatic carbocycles. The molecule has 2 aromatic carbocycles. The predicted octanol–water partition coefficient (Wildman–Crippen LogP) is 5.69. The lowest BCUT2D eigenvalue weighted by Gasteiger charge is -2.15. The molecule has 2 atom stereocenters. The van der Waals surface area contributed by atoms with Crippen LogP contribution < -0.4 is 15.4 Å². The number of rotatable bonds is 12. The van der Waals surface area contributed by atoms with E-state index in [-0.39, 0.29) is 51.0 Å². The van der Waals surface area contributed by atoms with Crippen molar-refractivity contribution in [2.75, 3.05) is 31.9 Å². The maximum atomic E-state index is 14.3. The van der Waals surface area contributed by atoms with Crippen LogP contribution in [-0.4, -0.2) is 88.6 Å². The number of carbonyl (C=O) groups is 3. The maximum absolute atomic E-state index is 14.3. The Morgan fingerprint density at radius 2 is 1.82 bits per heavy atom. The number of sulfone groups is 1.